The third kappa shape index (κ3) is 2.01. The van der Waals surface area contributed by atoms with Gasteiger partial charge in [-0.3, -0.25) is 19.5 Å². The molecule has 0 bridgehead atoms. The van der Waals surface area contributed by atoms with Gasteiger partial charge in [0.15, 0.2) is 0 Å². The minimum absolute atomic E-state index is 0.234. The van der Waals surface area contributed by atoms with E-state index in [1.807, 2.05) is 6.07 Å². The molecule has 2 aromatic carbocycles. The van der Waals surface area contributed by atoms with E-state index in [9.17, 15) is 14.9 Å². The summed E-state index contributed by atoms with van der Waals surface area (Å²) in [7, 11) is 1.57. The molecule has 3 aromatic rings. The molecule has 6 nitrogen and oxygen atoms in total. The maximum Gasteiger partial charge on any atom is 0.357 e. The summed E-state index contributed by atoms with van der Waals surface area (Å²) in [6, 6.07) is 16.0. The molecule has 22 heavy (non-hydrogen) atoms. The van der Waals surface area contributed by atoms with Gasteiger partial charge in [-0.05, 0) is 18.2 Å². The lowest BCUT2D eigenvalue weighted by atomic mass is 10.1. The Morgan fingerprint density at radius 1 is 1.05 bits per heavy atom. The minimum Gasteiger partial charge on any atom is -0.382 e. The van der Waals surface area contributed by atoms with Crippen molar-refractivity contribution in [2.45, 2.75) is 0 Å². The van der Waals surface area contributed by atoms with E-state index in [2.05, 4.69) is 5.32 Å². The van der Waals surface area contributed by atoms with Crippen molar-refractivity contribution < 1.29 is 4.92 Å². The predicted molar refractivity (Wildman–Crippen MR) is 85.7 cm³/mol. The van der Waals surface area contributed by atoms with Crippen LogP contribution >= 0.6 is 0 Å². The zero-order valence-electron chi connectivity index (χ0n) is 11.8. The smallest absolute Gasteiger partial charge is 0.357 e. The van der Waals surface area contributed by atoms with Crippen LogP contribution in [0.15, 0.2) is 59.4 Å². The highest BCUT2D eigenvalue weighted by Crippen LogP contribution is 2.30. The van der Waals surface area contributed by atoms with Crippen molar-refractivity contribution in [3.63, 3.8) is 0 Å². The quantitative estimate of drug-likeness (QED) is 0.595. The summed E-state index contributed by atoms with van der Waals surface area (Å²) in [5.74, 6) is 0. The van der Waals surface area contributed by atoms with E-state index in [0.717, 1.165) is 0 Å². The zero-order valence-corrected chi connectivity index (χ0v) is 11.8. The number of para-hydroxylation sites is 2. The molecule has 0 spiro atoms. The second-order valence-electron chi connectivity index (χ2n) is 4.72. The first-order valence-electron chi connectivity index (χ1n) is 6.70. The highest BCUT2D eigenvalue weighted by Gasteiger charge is 2.25. The molecule has 0 aliphatic heterocycles. The maximum atomic E-state index is 12.7. The summed E-state index contributed by atoms with van der Waals surface area (Å²) in [4.78, 5) is 23.4. The fourth-order valence-electron chi connectivity index (χ4n) is 2.59. The summed E-state index contributed by atoms with van der Waals surface area (Å²) in [5, 5.41) is 14.8. The first-order chi connectivity index (χ1) is 10.6. The Kier molecular flexibility index (Phi) is 3.34. The summed E-state index contributed by atoms with van der Waals surface area (Å²) in [5.41, 5.74) is 0.338. The van der Waals surface area contributed by atoms with Gasteiger partial charge in [-0.2, -0.15) is 0 Å². The summed E-state index contributed by atoms with van der Waals surface area (Å²) < 4.78 is 1.37. The van der Waals surface area contributed by atoms with Crippen LogP contribution in [-0.2, 0) is 0 Å². The average molecular weight is 295 g/mol. The second kappa shape index (κ2) is 5.33. The lowest BCUT2D eigenvalue weighted by Gasteiger charge is -2.13. The molecule has 0 unspecified atom stereocenters. The van der Waals surface area contributed by atoms with E-state index in [1.165, 1.54) is 4.57 Å². The molecule has 6 heteroatoms. The number of nitrogens with zero attached hydrogens (tertiary/aromatic N) is 2. The number of rotatable bonds is 3. The Balaban J connectivity index is 2.55. The SMILES string of the molecule is CNc1c([N+](=O)[O-])c(=O)n(-c2ccccc2)c2ccccc12. The Hall–Kier alpha value is -3.15. The van der Waals surface area contributed by atoms with Gasteiger partial charge >= 0.3 is 11.2 Å². The first-order valence-corrected chi connectivity index (χ1v) is 6.70. The summed E-state index contributed by atoms with van der Waals surface area (Å²) >= 11 is 0. The third-order valence-corrected chi connectivity index (χ3v) is 3.50. The van der Waals surface area contributed by atoms with Gasteiger partial charge in [-0.25, -0.2) is 0 Å². The van der Waals surface area contributed by atoms with Crippen LogP contribution in [0.3, 0.4) is 0 Å². The standard InChI is InChI=1S/C16H13N3O3/c1-17-14-12-9-5-6-10-13(12)18(11-7-3-2-4-8-11)16(20)15(14)19(21)22/h2-10,17H,1H3. The highest BCUT2D eigenvalue weighted by atomic mass is 16.6. The van der Waals surface area contributed by atoms with Crippen molar-refractivity contribution in [2.24, 2.45) is 0 Å². The fourth-order valence-corrected chi connectivity index (χ4v) is 2.59. The number of nitro groups is 1. The Bertz CT molecular complexity index is 917. The van der Waals surface area contributed by atoms with Crippen molar-refractivity contribution in [3.05, 3.63) is 75.1 Å². The van der Waals surface area contributed by atoms with Gasteiger partial charge in [0.1, 0.15) is 5.69 Å². The lowest BCUT2D eigenvalue weighted by molar-refractivity contribution is -0.385. The van der Waals surface area contributed by atoms with E-state index in [-0.39, 0.29) is 5.69 Å². The van der Waals surface area contributed by atoms with Gasteiger partial charge in [0, 0.05) is 18.1 Å². The Labute approximate surface area is 125 Å². The molecular formula is C16H13N3O3. The van der Waals surface area contributed by atoms with Crippen molar-refractivity contribution in [1.82, 2.24) is 4.57 Å². The van der Waals surface area contributed by atoms with Crippen LogP contribution in [0.2, 0.25) is 0 Å². The van der Waals surface area contributed by atoms with Crippen molar-refractivity contribution in [1.29, 1.82) is 0 Å². The molecule has 0 radical (unpaired) electrons. The highest BCUT2D eigenvalue weighted by molar-refractivity contribution is 5.96. The largest absolute Gasteiger partial charge is 0.382 e. The molecule has 0 atom stereocenters. The van der Waals surface area contributed by atoms with Gasteiger partial charge in [-0.15, -0.1) is 0 Å². The molecule has 1 aromatic heterocycles. The van der Waals surface area contributed by atoms with Gasteiger partial charge in [0.2, 0.25) is 0 Å². The first kappa shape index (κ1) is 13.8. The maximum absolute atomic E-state index is 12.7. The molecule has 0 aliphatic carbocycles. The zero-order chi connectivity index (χ0) is 15.7. The molecule has 0 fully saturated rings. The van der Waals surface area contributed by atoms with Crippen LogP contribution in [0.5, 0.6) is 0 Å². The van der Waals surface area contributed by atoms with E-state index in [0.29, 0.717) is 16.6 Å². The van der Waals surface area contributed by atoms with E-state index < -0.39 is 16.2 Å². The van der Waals surface area contributed by atoms with Crippen LogP contribution in [0, 0.1) is 10.1 Å². The van der Waals surface area contributed by atoms with Gasteiger partial charge in [-0.1, -0.05) is 36.4 Å². The van der Waals surface area contributed by atoms with Crippen LogP contribution in [0.1, 0.15) is 0 Å². The number of hydrogen-bond acceptors (Lipinski definition) is 4. The molecular weight excluding hydrogens is 282 g/mol. The Morgan fingerprint density at radius 2 is 1.68 bits per heavy atom. The number of benzene rings is 2. The van der Waals surface area contributed by atoms with Crippen LogP contribution in [-0.4, -0.2) is 16.5 Å². The van der Waals surface area contributed by atoms with Gasteiger partial charge in [0.05, 0.1) is 10.4 Å². The van der Waals surface area contributed by atoms with Crippen LogP contribution in [0.25, 0.3) is 16.6 Å². The molecule has 0 saturated heterocycles. The molecule has 0 saturated carbocycles. The normalized spacial score (nSPS) is 10.6. The van der Waals surface area contributed by atoms with E-state index in [4.69, 9.17) is 0 Å². The van der Waals surface area contributed by atoms with Gasteiger partial charge < -0.3 is 5.32 Å². The molecule has 3 rings (SSSR count). The minimum atomic E-state index is -0.653. The molecule has 1 N–H and O–H groups in total. The molecule has 0 amide bonds. The van der Waals surface area contributed by atoms with E-state index >= 15 is 0 Å². The number of nitrogens with one attached hydrogen (secondary N) is 1. The number of anilines is 1. The van der Waals surface area contributed by atoms with Gasteiger partial charge in [0.25, 0.3) is 0 Å². The number of pyridine rings is 1. The average Bonchev–Trinajstić information content (AvgIpc) is 2.54. The van der Waals surface area contributed by atoms with Crippen molar-refractivity contribution in [3.8, 4) is 5.69 Å². The number of aromatic nitrogens is 1. The van der Waals surface area contributed by atoms with E-state index in [1.54, 1.807) is 55.6 Å². The second-order valence-corrected chi connectivity index (χ2v) is 4.72. The Morgan fingerprint density at radius 3 is 2.32 bits per heavy atom. The molecule has 1 heterocycles. The lowest BCUT2D eigenvalue weighted by Crippen LogP contribution is -2.23. The van der Waals surface area contributed by atoms with Crippen molar-refractivity contribution in [2.75, 3.05) is 12.4 Å². The van der Waals surface area contributed by atoms with Crippen LogP contribution < -0.4 is 10.9 Å². The third-order valence-electron chi connectivity index (χ3n) is 3.50. The molecule has 0 aliphatic rings. The monoisotopic (exact) mass is 295 g/mol. The summed E-state index contributed by atoms with van der Waals surface area (Å²) in [6.45, 7) is 0. The molecule has 110 valence electrons. The summed E-state index contributed by atoms with van der Waals surface area (Å²) in [6.07, 6.45) is 0. The number of hydrogen-bond donors (Lipinski definition) is 1. The number of fused-ring (bicyclic) bond motifs is 1. The van der Waals surface area contributed by atoms with Crippen LogP contribution in [0.4, 0.5) is 11.4 Å². The fraction of sp³-hybridized carbons (Fsp3) is 0.0625. The predicted octanol–water partition coefficient (Wildman–Crippen LogP) is 2.94. The topological polar surface area (TPSA) is 77.2 Å². The van der Waals surface area contributed by atoms with Crippen molar-refractivity contribution >= 4 is 22.3 Å².